The summed E-state index contributed by atoms with van der Waals surface area (Å²) in [5, 5.41) is 0. The molecule has 0 saturated heterocycles. The highest BCUT2D eigenvalue weighted by molar-refractivity contribution is 5.78. The quantitative estimate of drug-likeness (QED) is 0.657. The molecule has 13 heavy (non-hydrogen) atoms. The van der Waals surface area contributed by atoms with Crippen molar-refractivity contribution in [3.63, 3.8) is 0 Å². The van der Waals surface area contributed by atoms with Crippen LogP contribution in [-0.2, 0) is 4.79 Å². The number of amides is 1. The van der Waals surface area contributed by atoms with E-state index < -0.39 is 0 Å². The van der Waals surface area contributed by atoms with Gasteiger partial charge in [-0.3, -0.25) is 4.79 Å². The molecule has 1 fully saturated rings. The van der Waals surface area contributed by atoms with Gasteiger partial charge in [0, 0.05) is 12.6 Å². The van der Waals surface area contributed by atoms with Crippen LogP contribution >= 0.6 is 0 Å². The Hall–Kier alpha value is -0.830. The minimum Gasteiger partial charge on any atom is -0.335 e. The fraction of sp³-hybridized carbons (Fsp3) is 0.700. The first-order valence-electron chi connectivity index (χ1n) is 4.90. The zero-order valence-corrected chi connectivity index (χ0v) is 8.04. The first-order chi connectivity index (χ1) is 6.29. The molecule has 1 amide bonds. The third kappa shape index (κ3) is 2.56. The van der Waals surface area contributed by atoms with E-state index >= 15 is 0 Å². The van der Waals surface area contributed by atoms with E-state index in [9.17, 15) is 4.79 Å². The Balaban J connectivity index is 2.54. The van der Waals surface area contributed by atoms with Crippen LogP contribution in [0.15, 0.2) is 12.7 Å². The summed E-state index contributed by atoms with van der Waals surface area (Å²) in [5.41, 5.74) is 5.35. The smallest absolute Gasteiger partial charge is 0.236 e. The third-order valence-electron chi connectivity index (χ3n) is 2.59. The van der Waals surface area contributed by atoms with Crippen molar-refractivity contribution in [2.24, 2.45) is 5.73 Å². The van der Waals surface area contributed by atoms with Crippen molar-refractivity contribution in [3.8, 4) is 0 Å². The summed E-state index contributed by atoms with van der Waals surface area (Å²) in [5.74, 6) is 0.0480. The molecule has 3 nitrogen and oxygen atoms in total. The van der Waals surface area contributed by atoms with E-state index in [1.807, 2.05) is 4.90 Å². The van der Waals surface area contributed by atoms with Gasteiger partial charge in [-0.05, 0) is 12.8 Å². The van der Waals surface area contributed by atoms with Crippen molar-refractivity contribution in [3.05, 3.63) is 12.7 Å². The Labute approximate surface area is 79.6 Å². The molecule has 74 valence electrons. The maximum atomic E-state index is 11.4. The minimum atomic E-state index is 0.0480. The molecule has 1 saturated carbocycles. The lowest BCUT2D eigenvalue weighted by Gasteiger charge is -2.27. The van der Waals surface area contributed by atoms with Crippen LogP contribution in [0.4, 0.5) is 0 Å². The fourth-order valence-electron chi connectivity index (χ4n) is 1.93. The van der Waals surface area contributed by atoms with Gasteiger partial charge in [-0.2, -0.15) is 0 Å². The zero-order valence-electron chi connectivity index (χ0n) is 8.04. The Morgan fingerprint density at radius 3 is 2.62 bits per heavy atom. The number of nitrogens with zero attached hydrogens (tertiary/aromatic N) is 1. The molecule has 0 radical (unpaired) electrons. The molecule has 1 aliphatic carbocycles. The Bertz CT molecular complexity index is 185. The number of carbonyl (C=O) groups excluding carboxylic acids is 1. The highest BCUT2D eigenvalue weighted by Gasteiger charge is 2.24. The monoisotopic (exact) mass is 182 g/mol. The van der Waals surface area contributed by atoms with Crippen molar-refractivity contribution < 1.29 is 4.79 Å². The van der Waals surface area contributed by atoms with Gasteiger partial charge >= 0.3 is 0 Å². The van der Waals surface area contributed by atoms with E-state index in [0.717, 1.165) is 12.8 Å². The number of nitrogens with two attached hydrogens (primary N) is 1. The van der Waals surface area contributed by atoms with Gasteiger partial charge in [0.05, 0.1) is 6.54 Å². The van der Waals surface area contributed by atoms with Gasteiger partial charge in [0.25, 0.3) is 0 Å². The topological polar surface area (TPSA) is 46.3 Å². The fourth-order valence-corrected chi connectivity index (χ4v) is 1.93. The molecule has 0 aliphatic heterocycles. The molecule has 2 N–H and O–H groups in total. The largest absolute Gasteiger partial charge is 0.335 e. The lowest BCUT2D eigenvalue weighted by atomic mass is 10.2. The first-order valence-corrected chi connectivity index (χ1v) is 4.90. The lowest BCUT2D eigenvalue weighted by Crippen LogP contribution is -2.42. The van der Waals surface area contributed by atoms with Crippen LogP contribution < -0.4 is 5.73 Å². The summed E-state index contributed by atoms with van der Waals surface area (Å²) in [4.78, 5) is 13.3. The summed E-state index contributed by atoms with van der Waals surface area (Å²) in [6.45, 7) is 4.41. The number of hydrogen-bond acceptors (Lipinski definition) is 2. The summed E-state index contributed by atoms with van der Waals surface area (Å²) in [6.07, 6.45) is 6.48. The molecule has 1 rings (SSSR count). The van der Waals surface area contributed by atoms with Crippen LogP contribution in [0.2, 0.25) is 0 Å². The van der Waals surface area contributed by atoms with Crippen molar-refractivity contribution in [2.45, 2.75) is 31.7 Å². The predicted octanol–water partition coefficient (Wildman–Crippen LogP) is 0.902. The van der Waals surface area contributed by atoms with Gasteiger partial charge in [0.2, 0.25) is 5.91 Å². The Morgan fingerprint density at radius 2 is 2.15 bits per heavy atom. The van der Waals surface area contributed by atoms with Crippen LogP contribution in [0.25, 0.3) is 0 Å². The summed E-state index contributed by atoms with van der Waals surface area (Å²) < 4.78 is 0. The van der Waals surface area contributed by atoms with Gasteiger partial charge in [-0.25, -0.2) is 0 Å². The van der Waals surface area contributed by atoms with Crippen molar-refractivity contribution in [1.29, 1.82) is 0 Å². The molecule has 0 atom stereocenters. The van der Waals surface area contributed by atoms with Crippen LogP contribution in [-0.4, -0.2) is 29.9 Å². The molecule has 0 heterocycles. The van der Waals surface area contributed by atoms with E-state index in [-0.39, 0.29) is 12.5 Å². The molecule has 0 bridgehead atoms. The van der Waals surface area contributed by atoms with Gasteiger partial charge in [0.15, 0.2) is 0 Å². The first kappa shape index (κ1) is 10.3. The van der Waals surface area contributed by atoms with Crippen LogP contribution in [0, 0.1) is 0 Å². The molecule has 3 heteroatoms. The van der Waals surface area contributed by atoms with Gasteiger partial charge in [-0.1, -0.05) is 18.9 Å². The number of hydrogen-bond donors (Lipinski definition) is 1. The standard InChI is InChI=1S/C10H18N2O/c1-2-7-12(10(13)8-11)9-5-3-4-6-9/h2,9H,1,3-8,11H2. The Kier molecular flexibility index (Phi) is 3.96. The van der Waals surface area contributed by atoms with E-state index in [4.69, 9.17) is 5.73 Å². The minimum absolute atomic E-state index is 0.0480. The molecule has 0 aromatic rings. The molecule has 0 aromatic heterocycles. The van der Waals surface area contributed by atoms with Crippen molar-refractivity contribution >= 4 is 5.91 Å². The highest BCUT2D eigenvalue weighted by atomic mass is 16.2. The molecular weight excluding hydrogens is 164 g/mol. The van der Waals surface area contributed by atoms with Gasteiger partial charge < -0.3 is 10.6 Å². The van der Waals surface area contributed by atoms with Crippen LogP contribution in [0.1, 0.15) is 25.7 Å². The second-order valence-corrected chi connectivity index (χ2v) is 3.48. The van der Waals surface area contributed by atoms with Gasteiger partial charge in [0.1, 0.15) is 0 Å². The SMILES string of the molecule is C=CCN(C(=O)CN)C1CCCC1. The van der Waals surface area contributed by atoms with E-state index in [0.29, 0.717) is 12.6 Å². The zero-order chi connectivity index (χ0) is 9.68. The lowest BCUT2D eigenvalue weighted by molar-refractivity contribution is -0.131. The molecule has 0 unspecified atom stereocenters. The van der Waals surface area contributed by atoms with Crippen molar-refractivity contribution in [2.75, 3.05) is 13.1 Å². The molecular formula is C10H18N2O. The normalized spacial score (nSPS) is 17.3. The number of carbonyl (C=O) groups is 1. The third-order valence-corrected chi connectivity index (χ3v) is 2.59. The van der Waals surface area contributed by atoms with E-state index in [1.54, 1.807) is 6.08 Å². The van der Waals surface area contributed by atoms with E-state index in [2.05, 4.69) is 6.58 Å². The summed E-state index contributed by atoms with van der Waals surface area (Å²) in [6, 6.07) is 0.411. The highest BCUT2D eigenvalue weighted by Crippen LogP contribution is 2.23. The molecule has 0 spiro atoms. The summed E-state index contributed by atoms with van der Waals surface area (Å²) >= 11 is 0. The maximum absolute atomic E-state index is 11.4. The predicted molar refractivity (Wildman–Crippen MR) is 53.2 cm³/mol. The maximum Gasteiger partial charge on any atom is 0.236 e. The van der Waals surface area contributed by atoms with Crippen LogP contribution in [0.5, 0.6) is 0 Å². The van der Waals surface area contributed by atoms with Gasteiger partial charge in [-0.15, -0.1) is 6.58 Å². The van der Waals surface area contributed by atoms with Crippen LogP contribution in [0.3, 0.4) is 0 Å². The average Bonchev–Trinajstić information content (AvgIpc) is 2.65. The second kappa shape index (κ2) is 5.02. The van der Waals surface area contributed by atoms with Crippen molar-refractivity contribution in [1.82, 2.24) is 4.90 Å². The average molecular weight is 182 g/mol. The Morgan fingerprint density at radius 1 is 1.54 bits per heavy atom. The summed E-state index contributed by atoms with van der Waals surface area (Å²) in [7, 11) is 0. The van der Waals surface area contributed by atoms with E-state index in [1.165, 1.54) is 12.8 Å². The molecule has 0 aromatic carbocycles. The molecule has 1 aliphatic rings. The number of rotatable bonds is 4. The second-order valence-electron chi connectivity index (χ2n) is 3.48.